The summed E-state index contributed by atoms with van der Waals surface area (Å²) in [7, 11) is 1.67. The Morgan fingerprint density at radius 2 is 2.19 bits per heavy atom. The Morgan fingerprint density at radius 3 is 2.76 bits per heavy atom. The first kappa shape index (κ1) is 16.3. The van der Waals surface area contributed by atoms with E-state index in [1.165, 1.54) is 0 Å². The summed E-state index contributed by atoms with van der Waals surface area (Å²) >= 11 is 5.93. The zero-order chi connectivity index (χ0) is 15.3. The number of benzene rings is 1. The molecule has 1 aliphatic heterocycles. The van der Waals surface area contributed by atoms with Gasteiger partial charge in [-0.3, -0.25) is 4.79 Å². The summed E-state index contributed by atoms with van der Waals surface area (Å²) in [5.74, 6) is 0.0519. The van der Waals surface area contributed by atoms with Gasteiger partial charge in [-0.15, -0.1) is 0 Å². The fourth-order valence-corrected chi connectivity index (χ4v) is 2.78. The van der Waals surface area contributed by atoms with Crippen LogP contribution in [0.4, 0.5) is 0 Å². The van der Waals surface area contributed by atoms with Gasteiger partial charge in [0, 0.05) is 18.7 Å². The molecule has 0 spiro atoms. The molecule has 21 heavy (non-hydrogen) atoms. The molecule has 1 saturated heterocycles. The summed E-state index contributed by atoms with van der Waals surface area (Å²) in [4.78, 5) is 12.5. The Kier molecular flexibility index (Phi) is 5.62. The standard InChI is InChI=1S/C16H23ClN2O2/c1-16(9-3-10-18-16)15(20)19-14(8-11-21-2)12-4-6-13(17)7-5-12/h4-7,14,18H,3,8-11H2,1-2H3,(H,19,20)/t14-,16+/m1/s1. The summed E-state index contributed by atoms with van der Waals surface area (Å²) in [6.45, 7) is 3.45. The van der Waals surface area contributed by atoms with E-state index in [1.54, 1.807) is 7.11 Å². The lowest BCUT2D eigenvalue weighted by atomic mass is 9.97. The normalized spacial score (nSPS) is 23.0. The molecule has 0 radical (unpaired) electrons. The summed E-state index contributed by atoms with van der Waals surface area (Å²) in [5, 5.41) is 7.13. The van der Waals surface area contributed by atoms with Gasteiger partial charge in [0.15, 0.2) is 0 Å². The predicted octanol–water partition coefficient (Wildman–Crippen LogP) is 2.68. The zero-order valence-electron chi connectivity index (χ0n) is 12.6. The highest BCUT2D eigenvalue weighted by molar-refractivity contribution is 6.30. The minimum absolute atomic E-state index is 0.0519. The summed E-state index contributed by atoms with van der Waals surface area (Å²) in [6.07, 6.45) is 2.64. The molecule has 4 nitrogen and oxygen atoms in total. The van der Waals surface area contributed by atoms with Gasteiger partial charge in [0.2, 0.25) is 5.91 Å². The highest BCUT2D eigenvalue weighted by Gasteiger charge is 2.36. The first-order chi connectivity index (χ1) is 10.0. The van der Waals surface area contributed by atoms with Gasteiger partial charge in [0.25, 0.3) is 0 Å². The number of hydrogen-bond donors (Lipinski definition) is 2. The average molecular weight is 311 g/mol. The quantitative estimate of drug-likeness (QED) is 0.849. The van der Waals surface area contributed by atoms with Crippen LogP contribution in [0.3, 0.4) is 0 Å². The van der Waals surface area contributed by atoms with E-state index in [1.807, 2.05) is 31.2 Å². The Hall–Kier alpha value is -1.10. The molecule has 0 unspecified atom stereocenters. The van der Waals surface area contributed by atoms with Crippen LogP contribution < -0.4 is 10.6 Å². The van der Waals surface area contributed by atoms with Gasteiger partial charge < -0.3 is 15.4 Å². The minimum atomic E-state index is -0.461. The Balaban J connectivity index is 2.08. The van der Waals surface area contributed by atoms with E-state index in [0.717, 1.165) is 31.4 Å². The number of ether oxygens (including phenoxy) is 1. The Morgan fingerprint density at radius 1 is 1.48 bits per heavy atom. The predicted molar refractivity (Wildman–Crippen MR) is 84.5 cm³/mol. The van der Waals surface area contributed by atoms with E-state index < -0.39 is 5.54 Å². The van der Waals surface area contributed by atoms with Gasteiger partial charge in [-0.1, -0.05) is 23.7 Å². The van der Waals surface area contributed by atoms with Crippen molar-refractivity contribution in [1.82, 2.24) is 10.6 Å². The maximum atomic E-state index is 12.5. The maximum Gasteiger partial charge on any atom is 0.240 e. The highest BCUT2D eigenvalue weighted by atomic mass is 35.5. The third kappa shape index (κ3) is 4.19. The van der Waals surface area contributed by atoms with Crippen LogP contribution in [0.5, 0.6) is 0 Å². The number of rotatable bonds is 6. The van der Waals surface area contributed by atoms with Gasteiger partial charge >= 0.3 is 0 Å². The monoisotopic (exact) mass is 310 g/mol. The van der Waals surface area contributed by atoms with E-state index in [4.69, 9.17) is 16.3 Å². The van der Waals surface area contributed by atoms with E-state index in [-0.39, 0.29) is 11.9 Å². The lowest BCUT2D eigenvalue weighted by Crippen LogP contribution is -2.52. The van der Waals surface area contributed by atoms with Crippen LogP contribution >= 0.6 is 11.6 Å². The van der Waals surface area contributed by atoms with Crippen LogP contribution in [0.2, 0.25) is 5.02 Å². The smallest absolute Gasteiger partial charge is 0.240 e. The van der Waals surface area contributed by atoms with Crippen molar-refractivity contribution in [1.29, 1.82) is 0 Å². The van der Waals surface area contributed by atoms with Gasteiger partial charge in [-0.25, -0.2) is 0 Å². The summed E-state index contributed by atoms with van der Waals surface area (Å²) in [5.41, 5.74) is 0.587. The molecule has 0 bridgehead atoms. The molecule has 1 aromatic rings. The highest BCUT2D eigenvalue weighted by Crippen LogP contribution is 2.23. The number of nitrogens with one attached hydrogen (secondary N) is 2. The molecular weight excluding hydrogens is 288 g/mol. The lowest BCUT2D eigenvalue weighted by Gasteiger charge is -2.27. The van der Waals surface area contributed by atoms with Gasteiger partial charge in [0.1, 0.15) is 0 Å². The number of hydrogen-bond acceptors (Lipinski definition) is 3. The van der Waals surface area contributed by atoms with Crippen molar-refractivity contribution < 1.29 is 9.53 Å². The molecule has 1 amide bonds. The topological polar surface area (TPSA) is 50.4 Å². The maximum absolute atomic E-state index is 12.5. The zero-order valence-corrected chi connectivity index (χ0v) is 13.4. The van der Waals surface area contributed by atoms with Crippen LogP contribution in [0.1, 0.15) is 37.8 Å². The molecule has 0 aromatic heterocycles. The van der Waals surface area contributed by atoms with Gasteiger partial charge in [0.05, 0.1) is 11.6 Å². The summed E-state index contributed by atoms with van der Waals surface area (Å²) < 4.78 is 5.16. The molecule has 116 valence electrons. The SMILES string of the molecule is COCC[C@@H](NC(=O)[C@]1(C)CCCN1)c1ccc(Cl)cc1. The number of carbonyl (C=O) groups excluding carboxylic acids is 1. The molecule has 1 aliphatic rings. The fourth-order valence-electron chi connectivity index (χ4n) is 2.66. The second kappa shape index (κ2) is 7.25. The second-order valence-corrected chi connectivity index (χ2v) is 6.16. The van der Waals surface area contributed by atoms with Crippen molar-refractivity contribution in [2.75, 3.05) is 20.3 Å². The van der Waals surface area contributed by atoms with Gasteiger partial charge in [-0.05, 0) is 50.4 Å². The lowest BCUT2D eigenvalue weighted by molar-refractivity contribution is -0.127. The number of amides is 1. The molecule has 2 atom stereocenters. The molecule has 1 heterocycles. The van der Waals surface area contributed by atoms with Crippen molar-refractivity contribution in [2.24, 2.45) is 0 Å². The van der Waals surface area contributed by atoms with E-state index in [9.17, 15) is 4.79 Å². The first-order valence-corrected chi connectivity index (χ1v) is 7.73. The first-order valence-electron chi connectivity index (χ1n) is 7.35. The molecule has 0 aliphatic carbocycles. The van der Waals surface area contributed by atoms with Crippen molar-refractivity contribution in [3.63, 3.8) is 0 Å². The fraction of sp³-hybridized carbons (Fsp3) is 0.562. The van der Waals surface area contributed by atoms with Crippen LogP contribution in [0.25, 0.3) is 0 Å². The number of halogens is 1. The number of carbonyl (C=O) groups is 1. The van der Waals surface area contributed by atoms with E-state index in [2.05, 4.69) is 10.6 Å². The van der Waals surface area contributed by atoms with Gasteiger partial charge in [-0.2, -0.15) is 0 Å². The van der Waals surface area contributed by atoms with Crippen LogP contribution in [-0.4, -0.2) is 31.7 Å². The Labute approximate surface area is 131 Å². The minimum Gasteiger partial charge on any atom is -0.385 e. The summed E-state index contributed by atoms with van der Waals surface area (Å²) in [6, 6.07) is 7.53. The largest absolute Gasteiger partial charge is 0.385 e. The van der Waals surface area contributed by atoms with Crippen LogP contribution in [0.15, 0.2) is 24.3 Å². The second-order valence-electron chi connectivity index (χ2n) is 5.72. The molecule has 0 saturated carbocycles. The molecule has 2 N–H and O–H groups in total. The molecule has 1 aromatic carbocycles. The Bertz CT molecular complexity index is 470. The van der Waals surface area contributed by atoms with Crippen molar-refractivity contribution in [3.05, 3.63) is 34.9 Å². The van der Waals surface area contributed by atoms with Crippen LogP contribution in [-0.2, 0) is 9.53 Å². The molecular formula is C16H23ClN2O2. The molecule has 2 rings (SSSR count). The third-order valence-corrected chi connectivity index (χ3v) is 4.31. The van der Waals surface area contributed by atoms with Crippen molar-refractivity contribution >= 4 is 17.5 Å². The van der Waals surface area contributed by atoms with E-state index in [0.29, 0.717) is 11.6 Å². The number of methoxy groups -OCH3 is 1. The van der Waals surface area contributed by atoms with E-state index >= 15 is 0 Å². The third-order valence-electron chi connectivity index (χ3n) is 4.06. The molecule has 5 heteroatoms. The van der Waals surface area contributed by atoms with Crippen molar-refractivity contribution in [3.8, 4) is 0 Å². The molecule has 1 fully saturated rings. The van der Waals surface area contributed by atoms with Crippen molar-refractivity contribution in [2.45, 2.75) is 37.8 Å². The average Bonchev–Trinajstić information content (AvgIpc) is 2.92. The van der Waals surface area contributed by atoms with Crippen LogP contribution in [0, 0.1) is 0 Å².